The molecule has 0 aliphatic carbocycles. The Morgan fingerprint density at radius 2 is 1.00 bits per heavy atom. The average molecular weight is 512 g/mol. The molecule has 0 aliphatic rings. The van der Waals surface area contributed by atoms with Gasteiger partial charge in [0.15, 0.2) is 0 Å². The van der Waals surface area contributed by atoms with Crippen LogP contribution in [-0.4, -0.2) is 25.4 Å². The van der Waals surface area contributed by atoms with E-state index in [0.29, 0.717) is 0 Å². The van der Waals surface area contributed by atoms with Crippen molar-refractivity contribution in [3.8, 4) is 0 Å². The zero-order valence-electron chi connectivity index (χ0n) is 13.1. The van der Waals surface area contributed by atoms with Gasteiger partial charge in [-0.2, -0.15) is 0 Å². The molecule has 0 amide bonds. The van der Waals surface area contributed by atoms with E-state index < -0.39 is 19.7 Å². The summed E-state index contributed by atoms with van der Waals surface area (Å²) in [6.07, 6.45) is 2.04. The molecule has 3 rings (SSSR count). The van der Waals surface area contributed by atoms with Crippen LogP contribution in [0.5, 0.6) is 0 Å². The Balaban J connectivity index is 2.27. The third-order valence-electron chi connectivity index (χ3n) is 3.96. The maximum atomic E-state index is 3.96. The normalized spacial score (nSPS) is 11.1. The van der Waals surface area contributed by atoms with Crippen molar-refractivity contribution in [2.24, 2.45) is 0 Å². The number of benzene rings is 3. The molecule has 114 valence electrons. The number of hydrogen-bond donors (Lipinski definition) is 0. The molecule has 3 aromatic rings. The topological polar surface area (TPSA) is 0 Å². The molecule has 0 nitrogen and oxygen atoms in total. The van der Waals surface area contributed by atoms with Gasteiger partial charge >= 0.3 is 147 Å². The van der Waals surface area contributed by atoms with Crippen molar-refractivity contribution in [1.82, 2.24) is 0 Å². The predicted molar refractivity (Wildman–Crippen MR) is 107 cm³/mol. The van der Waals surface area contributed by atoms with E-state index in [4.69, 9.17) is 0 Å². The van der Waals surface area contributed by atoms with Crippen molar-refractivity contribution < 1.29 is 0 Å². The van der Waals surface area contributed by atoms with Crippen LogP contribution in [0.15, 0.2) is 104 Å². The summed E-state index contributed by atoms with van der Waals surface area (Å²) in [4.78, 5) is 0. The van der Waals surface area contributed by atoms with Crippen LogP contribution in [0.3, 0.4) is 0 Å². The summed E-state index contributed by atoms with van der Waals surface area (Å²) in [6, 6.07) is 33.3. The van der Waals surface area contributed by atoms with Crippen molar-refractivity contribution in [3.05, 3.63) is 104 Å². The summed E-state index contributed by atoms with van der Waals surface area (Å²) >= 11 is -3.22. The molecule has 3 aromatic carbocycles. The average Bonchev–Trinajstić information content (AvgIpc) is 2.65. The molecule has 0 N–H and O–H groups in total. The Bertz CT molecular complexity index is 642. The van der Waals surface area contributed by atoms with Crippen molar-refractivity contribution in [2.75, 3.05) is 5.75 Å². The van der Waals surface area contributed by atoms with E-state index in [-0.39, 0.29) is 0 Å². The van der Waals surface area contributed by atoms with Crippen LogP contribution in [0.4, 0.5) is 0 Å². The fraction of sp³-hybridized carbons (Fsp3) is 0.0476. The Kier molecular flexibility index (Phi) is 5.73. The minimum atomic E-state index is -3.22. The predicted octanol–water partition coefficient (Wildman–Crippen LogP) is 3.57. The van der Waals surface area contributed by atoms with E-state index >= 15 is 0 Å². The van der Waals surface area contributed by atoms with Crippen molar-refractivity contribution in [1.29, 1.82) is 0 Å². The Morgan fingerprint density at radius 1 is 0.652 bits per heavy atom. The SMILES string of the molecule is C=CC[S][Pb]([c]1ccccc1)([c]1ccccc1)[c]1ccccc1. The van der Waals surface area contributed by atoms with Crippen molar-refractivity contribution in [3.63, 3.8) is 0 Å². The third-order valence-corrected chi connectivity index (χ3v) is 31.4. The van der Waals surface area contributed by atoms with Gasteiger partial charge in [-0.1, -0.05) is 0 Å². The van der Waals surface area contributed by atoms with E-state index in [2.05, 4.69) is 106 Å². The fourth-order valence-electron chi connectivity index (χ4n) is 2.95. The van der Waals surface area contributed by atoms with Crippen LogP contribution in [0.25, 0.3) is 0 Å². The maximum absolute atomic E-state index is 3.96. The first-order valence-corrected chi connectivity index (χ1v) is 19.4. The van der Waals surface area contributed by atoms with E-state index in [1.54, 1.807) is 0 Å². The first-order valence-electron chi connectivity index (χ1n) is 7.79. The molecule has 0 unspecified atom stereocenters. The van der Waals surface area contributed by atoms with Gasteiger partial charge in [0.25, 0.3) is 0 Å². The van der Waals surface area contributed by atoms with Gasteiger partial charge in [0.1, 0.15) is 0 Å². The first-order chi connectivity index (χ1) is 11.4. The van der Waals surface area contributed by atoms with Gasteiger partial charge in [0, 0.05) is 0 Å². The standard InChI is InChI=1S/3C6H5.C3H6S.Pb/c3*1-2-4-6-5-3-1;1-2-3-4;/h3*1-5H;2,4H,1,3H2;/q;;;;+1/p-1. The van der Waals surface area contributed by atoms with Gasteiger partial charge in [-0.15, -0.1) is 0 Å². The van der Waals surface area contributed by atoms with E-state index in [1.807, 2.05) is 6.08 Å². The molecule has 0 spiro atoms. The third kappa shape index (κ3) is 3.46. The quantitative estimate of drug-likeness (QED) is 0.360. The molecule has 0 aromatic heterocycles. The summed E-state index contributed by atoms with van der Waals surface area (Å²) in [6.45, 7) is 3.96. The monoisotopic (exact) mass is 512 g/mol. The molecular weight excluding hydrogens is 491 g/mol. The zero-order valence-corrected chi connectivity index (χ0v) is 17.8. The van der Waals surface area contributed by atoms with Crippen molar-refractivity contribution in [2.45, 2.75) is 0 Å². The molecule has 2 heteroatoms. The van der Waals surface area contributed by atoms with Gasteiger partial charge in [0.05, 0.1) is 0 Å². The molecule has 0 bridgehead atoms. The first kappa shape index (κ1) is 16.5. The molecule has 0 saturated carbocycles. The Labute approximate surface area is 146 Å². The van der Waals surface area contributed by atoms with Crippen LogP contribution in [0, 0.1) is 0 Å². The van der Waals surface area contributed by atoms with E-state index in [0.717, 1.165) is 5.75 Å². The van der Waals surface area contributed by atoms with Gasteiger partial charge in [0.2, 0.25) is 0 Å². The molecule has 0 atom stereocenters. The molecular formula is C21H20PbS. The summed E-state index contributed by atoms with van der Waals surface area (Å²) in [5.74, 6) is 0.986. The van der Waals surface area contributed by atoms with Gasteiger partial charge in [-0.3, -0.25) is 0 Å². The van der Waals surface area contributed by atoms with E-state index in [1.165, 1.54) is 9.37 Å². The summed E-state index contributed by atoms with van der Waals surface area (Å²) in [5, 5.41) is 0. The number of hydrogen-bond acceptors (Lipinski definition) is 1. The number of rotatable bonds is 6. The molecule has 0 aliphatic heterocycles. The minimum absolute atomic E-state index is 0.986. The van der Waals surface area contributed by atoms with Crippen LogP contribution in [0.1, 0.15) is 0 Å². The fourth-order valence-corrected chi connectivity index (χ4v) is 29.1. The van der Waals surface area contributed by atoms with E-state index in [9.17, 15) is 0 Å². The Hall–Kier alpha value is -1.33. The molecule has 0 saturated heterocycles. The van der Waals surface area contributed by atoms with Crippen LogP contribution < -0.4 is 9.37 Å². The molecule has 0 fully saturated rings. The van der Waals surface area contributed by atoms with Gasteiger partial charge in [-0.25, -0.2) is 0 Å². The van der Waals surface area contributed by atoms with Crippen LogP contribution >= 0.6 is 8.31 Å². The summed E-state index contributed by atoms with van der Waals surface area (Å²) in [7, 11) is 2.13. The molecule has 23 heavy (non-hydrogen) atoms. The zero-order chi connectivity index (χ0) is 16.0. The molecule has 0 heterocycles. The molecule has 0 radical (unpaired) electrons. The van der Waals surface area contributed by atoms with Crippen LogP contribution in [0.2, 0.25) is 0 Å². The van der Waals surface area contributed by atoms with Crippen molar-refractivity contribution >= 4 is 37.4 Å². The summed E-state index contributed by atoms with van der Waals surface area (Å²) in [5.41, 5.74) is 0. The second-order valence-electron chi connectivity index (χ2n) is 5.38. The van der Waals surface area contributed by atoms with Crippen LogP contribution in [-0.2, 0) is 0 Å². The second-order valence-corrected chi connectivity index (χ2v) is 26.8. The van der Waals surface area contributed by atoms with Gasteiger partial charge in [-0.05, 0) is 0 Å². The second kappa shape index (κ2) is 7.98. The summed E-state index contributed by atoms with van der Waals surface area (Å²) < 4.78 is 4.55. The van der Waals surface area contributed by atoms with Gasteiger partial charge < -0.3 is 0 Å². The Morgan fingerprint density at radius 3 is 1.30 bits per heavy atom.